The minimum Gasteiger partial charge on any atom is -0.320 e. The first-order valence-corrected chi connectivity index (χ1v) is 12.0. The van der Waals surface area contributed by atoms with Gasteiger partial charge in [-0.2, -0.15) is 0 Å². The highest BCUT2D eigenvalue weighted by atomic mass is 32.2. The molecule has 2 aromatic heterocycles. The number of fused-ring (bicyclic) bond motifs is 1. The molecule has 0 aliphatic carbocycles. The van der Waals surface area contributed by atoms with Gasteiger partial charge in [0, 0.05) is 5.69 Å². The van der Waals surface area contributed by atoms with Crippen LogP contribution in [0.4, 0.5) is 10.1 Å². The number of para-hydroxylation sites is 2. The molecule has 0 fully saturated rings. The summed E-state index contributed by atoms with van der Waals surface area (Å²) in [5.74, 6) is -0.436. The molecule has 1 amide bonds. The summed E-state index contributed by atoms with van der Waals surface area (Å²) in [6.07, 6.45) is 0. The lowest BCUT2D eigenvalue weighted by atomic mass is 10.2. The lowest BCUT2D eigenvalue weighted by molar-refractivity contribution is 0.102. The number of halogens is 1. The molecular weight excluding hydrogens is 473 g/mol. The van der Waals surface area contributed by atoms with E-state index in [1.165, 1.54) is 36.0 Å². The summed E-state index contributed by atoms with van der Waals surface area (Å²) in [7, 11) is 0. The van der Waals surface area contributed by atoms with Crippen molar-refractivity contribution < 1.29 is 9.18 Å². The van der Waals surface area contributed by atoms with E-state index in [1.807, 2.05) is 42.5 Å². The number of amides is 1. The third kappa shape index (κ3) is 4.59. The van der Waals surface area contributed by atoms with Crippen molar-refractivity contribution in [2.45, 2.75) is 10.9 Å². The number of anilines is 1. The zero-order valence-electron chi connectivity index (χ0n) is 17.5. The predicted octanol–water partition coefficient (Wildman–Crippen LogP) is 4.92. The Labute approximate surface area is 201 Å². The van der Waals surface area contributed by atoms with Gasteiger partial charge in [-0.1, -0.05) is 53.4 Å². The van der Waals surface area contributed by atoms with Crippen molar-refractivity contribution in [2.75, 3.05) is 5.32 Å². The Morgan fingerprint density at radius 2 is 1.71 bits per heavy atom. The van der Waals surface area contributed by atoms with Crippen molar-refractivity contribution >= 4 is 45.6 Å². The van der Waals surface area contributed by atoms with Crippen LogP contribution in [0.2, 0.25) is 0 Å². The SMILES string of the molecule is O=C(Nc1ccc(F)cc1)c1nnc(CSc2nc3ccccc3c(=O)n2-c2ccccc2)s1. The molecule has 7 nitrogen and oxygen atoms in total. The zero-order chi connectivity index (χ0) is 23.5. The number of nitrogens with one attached hydrogen (secondary N) is 1. The average molecular weight is 490 g/mol. The van der Waals surface area contributed by atoms with Crippen molar-refractivity contribution in [1.82, 2.24) is 19.7 Å². The van der Waals surface area contributed by atoms with Crippen LogP contribution in [0.3, 0.4) is 0 Å². The summed E-state index contributed by atoms with van der Waals surface area (Å²) >= 11 is 2.49. The highest BCUT2D eigenvalue weighted by molar-refractivity contribution is 7.98. The Hall–Kier alpha value is -3.89. The third-order valence-electron chi connectivity index (χ3n) is 4.85. The lowest BCUT2D eigenvalue weighted by Crippen LogP contribution is -2.21. The molecule has 0 radical (unpaired) electrons. The standard InChI is InChI=1S/C24H16FN5O2S2/c25-15-10-12-16(13-11-15)26-21(31)22-29-28-20(34-22)14-33-24-27-19-9-5-4-8-18(19)23(32)30(24)17-6-2-1-3-7-17/h1-13H,14H2,(H,26,31). The fraction of sp³-hybridized carbons (Fsp3) is 0.0417. The fourth-order valence-electron chi connectivity index (χ4n) is 3.26. The number of carbonyl (C=O) groups is 1. The van der Waals surface area contributed by atoms with Gasteiger partial charge in [0.15, 0.2) is 5.16 Å². The second-order valence-corrected chi connectivity index (χ2v) is 9.14. The van der Waals surface area contributed by atoms with E-state index in [2.05, 4.69) is 15.5 Å². The molecular formula is C24H16FN5O2S2. The summed E-state index contributed by atoms with van der Waals surface area (Å²) in [5.41, 5.74) is 1.63. The maximum Gasteiger partial charge on any atom is 0.286 e. The van der Waals surface area contributed by atoms with Gasteiger partial charge in [0.05, 0.1) is 22.3 Å². The maximum absolute atomic E-state index is 13.3. The van der Waals surface area contributed by atoms with E-state index in [9.17, 15) is 14.0 Å². The topological polar surface area (TPSA) is 89.8 Å². The molecule has 1 N–H and O–H groups in total. The van der Waals surface area contributed by atoms with Gasteiger partial charge < -0.3 is 5.32 Å². The van der Waals surface area contributed by atoms with Gasteiger partial charge in [-0.25, -0.2) is 9.37 Å². The van der Waals surface area contributed by atoms with Crippen LogP contribution in [0.25, 0.3) is 16.6 Å². The summed E-state index contributed by atoms with van der Waals surface area (Å²) in [6, 6.07) is 22.0. The second kappa shape index (κ2) is 9.54. The first-order chi connectivity index (χ1) is 16.6. The summed E-state index contributed by atoms with van der Waals surface area (Å²) < 4.78 is 14.6. The van der Waals surface area contributed by atoms with Crippen LogP contribution in [0.15, 0.2) is 88.8 Å². The molecule has 2 heterocycles. The van der Waals surface area contributed by atoms with Crippen molar-refractivity contribution in [2.24, 2.45) is 0 Å². The molecule has 0 saturated heterocycles. The second-order valence-electron chi connectivity index (χ2n) is 7.14. The van der Waals surface area contributed by atoms with E-state index in [1.54, 1.807) is 16.7 Å². The van der Waals surface area contributed by atoms with Crippen LogP contribution < -0.4 is 10.9 Å². The molecule has 0 unspecified atom stereocenters. The van der Waals surface area contributed by atoms with Gasteiger partial charge in [-0.05, 0) is 48.5 Å². The summed E-state index contributed by atoms with van der Waals surface area (Å²) in [6.45, 7) is 0. The number of hydrogen-bond donors (Lipinski definition) is 1. The van der Waals surface area contributed by atoms with Crippen LogP contribution in [0.1, 0.15) is 14.8 Å². The minimum absolute atomic E-state index is 0.157. The Morgan fingerprint density at radius 3 is 2.50 bits per heavy atom. The van der Waals surface area contributed by atoms with Crippen LogP contribution in [-0.2, 0) is 5.75 Å². The molecule has 34 heavy (non-hydrogen) atoms. The zero-order valence-corrected chi connectivity index (χ0v) is 19.1. The van der Waals surface area contributed by atoms with E-state index in [-0.39, 0.29) is 16.4 Å². The number of thioether (sulfide) groups is 1. The summed E-state index contributed by atoms with van der Waals surface area (Å²) in [5, 5.41) is 12.6. The van der Waals surface area contributed by atoms with E-state index < -0.39 is 5.91 Å². The number of aromatic nitrogens is 4. The lowest BCUT2D eigenvalue weighted by Gasteiger charge is -2.12. The van der Waals surface area contributed by atoms with Crippen LogP contribution in [0, 0.1) is 5.82 Å². The molecule has 0 atom stereocenters. The summed E-state index contributed by atoms with van der Waals surface area (Å²) in [4.78, 5) is 30.4. The molecule has 0 aliphatic heterocycles. The van der Waals surface area contributed by atoms with Crippen molar-refractivity contribution in [3.8, 4) is 5.69 Å². The fourth-order valence-corrected chi connectivity index (χ4v) is 5.00. The molecule has 5 rings (SSSR count). The molecule has 0 bridgehead atoms. The normalized spacial score (nSPS) is 11.0. The van der Waals surface area contributed by atoms with Crippen molar-refractivity contribution in [3.63, 3.8) is 0 Å². The number of hydrogen-bond acceptors (Lipinski definition) is 7. The molecule has 0 aliphatic rings. The molecule has 0 saturated carbocycles. The van der Waals surface area contributed by atoms with Crippen LogP contribution >= 0.6 is 23.1 Å². The van der Waals surface area contributed by atoms with Crippen LogP contribution in [-0.4, -0.2) is 25.7 Å². The van der Waals surface area contributed by atoms with E-state index in [0.717, 1.165) is 11.3 Å². The molecule has 3 aromatic carbocycles. The highest BCUT2D eigenvalue weighted by Crippen LogP contribution is 2.26. The van der Waals surface area contributed by atoms with Gasteiger partial charge in [0.1, 0.15) is 10.8 Å². The van der Waals surface area contributed by atoms with Gasteiger partial charge in [0.25, 0.3) is 11.5 Å². The Bertz CT molecular complexity index is 1540. The minimum atomic E-state index is -0.426. The first kappa shape index (κ1) is 21.9. The van der Waals surface area contributed by atoms with E-state index >= 15 is 0 Å². The number of rotatable bonds is 6. The van der Waals surface area contributed by atoms with Gasteiger partial charge in [-0.15, -0.1) is 10.2 Å². The molecule has 168 valence electrons. The van der Waals surface area contributed by atoms with Crippen molar-refractivity contribution in [1.29, 1.82) is 0 Å². The number of nitrogens with zero attached hydrogens (tertiary/aromatic N) is 4. The largest absolute Gasteiger partial charge is 0.320 e. The van der Waals surface area contributed by atoms with E-state index in [0.29, 0.717) is 38.2 Å². The maximum atomic E-state index is 13.3. The Kier molecular flexibility index (Phi) is 6.15. The van der Waals surface area contributed by atoms with Crippen LogP contribution in [0.5, 0.6) is 0 Å². The Morgan fingerprint density at radius 1 is 0.971 bits per heavy atom. The van der Waals surface area contributed by atoms with E-state index in [4.69, 9.17) is 4.98 Å². The van der Waals surface area contributed by atoms with Crippen molar-refractivity contribution in [3.05, 3.63) is 105 Å². The van der Waals surface area contributed by atoms with Gasteiger partial charge >= 0.3 is 0 Å². The smallest absolute Gasteiger partial charge is 0.286 e. The van der Waals surface area contributed by atoms with Gasteiger partial charge in [0.2, 0.25) is 5.01 Å². The average Bonchev–Trinajstić information content (AvgIpc) is 3.34. The monoisotopic (exact) mass is 489 g/mol. The first-order valence-electron chi connectivity index (χ1n) is 10.2. The number of benzene rings is 3. The predicted molar refractivity (Wildman–Crippen MR) is 131 cm³/mol. The third-order valence-corrected chi connectivity index (χ3v) is 6.90. The molecule has 0 spiro atoms. The quantitative estimate of drug-likeness (QED) is 0.269. The Balaban J connectivity index is 1.39. The highest BCUT2D eigenvalue weighted by Gasteiger charge is 2.16. The number of carbonyl (C=O) groups excluding carboxylic acids is 1. The molecule has 5 aromatic rings. The van der Waals surface area contributed by atoms with Gasteiger partial charge in [-0.3, -0.25) is 14.2 Å². The molecule has 10 heteroatoms.